The molecule has 1 amide bonds. The quantitative estimate of drug-likeness (QED) is 0.761. The van der Waals surface area contributed by atoms with Gasteiger partial charge in [0.25, 0.3) is 0 Å². The van der Waals surface area contributed by atoms with Crippen LogP contribution in [0.1, 0.15) is 12.0 Å². The van der Waals surface area contributed by atoms with E-state index in [1.54, 1.807) is 0 Å². The molecule has 2 N–H and O–H groups in total. The maximum atomic E-state index is 12.8. The molecule has 4 nitrogen and oxygen atoms in total. The highest BCUT2D eigenvalue weighted by atomic mass is 19.1. The van der Waals surface area contributed by atoms with Crippen molar-refractivity contribution in [1.82, 2.24) is 5.32 Å². The lowest BCUT2D eigenvalue weighted by Crippen LogP contribution is -2.27. The number of benzene rings is 1. The first kappa shape index (κ1) is 13.1. The summed E-state index contributed by atoms with van der Waals surface area (Å²) in [6.45, 7) is 0.134. The number of hydrogen-bond donors (Lipinski definition) is 2. The summed E-state index contributed by atoms with van der Waals surface area (Å²) < 4.78 is 25.6. The molecule has 92 valence electrons. The number of hydrogen-bond acceptors (Lipinski definition) is 2. The normalized spacial score (nSPS) is 10.0. The standard InChI is InChI=1S/C11H11F2NO3/c12-8-3-7(4-9(13)5-8)1-2-14-10(15)6-11(16)17/h3-5H,1-2,6H2,(H,14,15)(H,16,17). The minimum Gasteiger partial charge on any atom is -0.481 e. The van der Waals surface area contributed by atoms with Crippen molar-refractivity contribution in [2.75, 3.05) is 6.54 Å². The molecular weight excluding hydrogens is 232 g/mol. The van der Waals surface area contributed by atoms with E-state index in [0.717, 1.165) is 18.2 Å². The molecule has 0 saturated heterocycles. The molecule has 0 aliphatic carbocycles. The summed E-state index contributed by atoms with van der Waals surface area (Å²) in [4.78, 5) is 21.1. The highest BCUT2D eigenvalue weighted by Gasteiger charge is 2.06. The second-order valence-electron chi connectivity index (χ2n) is 3.45. The summed E-state index contributed by atoms with van der Waals surface area (Å²) in [5.41, 5.74) is 0.401. The molecule has 0 aliphatic rings. The number of carbonyl (C=O) groups is 2. The van der Waals surface area contributed by atoms with Crippen LogP contribution in [0.15, 0.2) is 18.2 Å². The molecular formula is C11H11F2NO3. The Morgan fingerprint density at radius 1 is 1.18 bits per heavy atom. The summed E-state index contributed by atoms with van der Waals surface area (Å²) in [5.74, 6) is -3.22. The van der Waals surface area contributed by atoms with Crippen molar-refractivity contribution in [2.24, 2.45) is 0 Å². The average molecular weight is 243 g/mol. The van der Waals surface area contributed by atoms with Crippen molar-refractivity contribution in [3.63, 3.8) is 0 Å². The van der Waals surface area contributed by atoms with Gasteiger partial charge in [-0.3, -0.25) is 9.59 Å². The number of aliphatic carboxylic acids is 1. The molecule has 0 heterocycles. The molecule has 0 aliphatic heterocycles. The number of rotatable bonds is 5. The fraction of sp³-hybridized carbons (Fsp3) is 0.273. The largest absolute Gasteiger partial charge is 0.481 e. The summed E-state index contributed by atoms with van der Waals surface area (Å²) >= 11 is 0. The fourth-order valence-electron chi connectivity index (χ4n) is 1.30. The maximum Gasteiger partial charge on any atom is 0.312 e. The SMILES string of the molecule is O=C(O)CC(=O)NCCc1cc(F)cc(F)c1. The third-order valence-electron chi connectivity index (χ3n) is 1.97. The van der Waals surface area contributed by atoms with E-state index in [1.165, 1.54) is 0 Å². The molecule has 0 bridgehead atoms. The van der Waals surface area contributed by atoms with Gasteiger partial charge in [0, 0.05) is 12.6 Å². The number of carbonyl (C=O) groups excluding carboxylic acids is 1. The monoisotopic (exact) mass is 243 g/mol. The molecule has 0 radical (unpaired) electrons. The van der Waals surface area contributed by atoms with Crippen LogP contribution in [-0.2, 0) is 16.0 Å². The van der Waals surface area contributed by atoms with E-state index in [9.17, 15) is 18.4 Å². The Labute approximate surface area is 96.3 Å². The van der Waals surface area contributed by atoms with Gasteiger partial charge in [0.05, 0.1) is 0 Å². The van der Waals surface area contributed by atoms with E-state index < -0.39 is 29.9 Å². The first-order valence-corrected chi connectivity index (χ1v) is 4.91. The molecule has 1 aromatic rings. The van der Waals surface area contributed by atoms with Gasteiger partial charge in [0.1, 0.15) is 18.1 Å². The second kappa shape index (κ2) is 5.93. The predicted octanol–water partition coefficient (Wildman–Crippen LogP) is 1.10. The Morgan fingerprint density at radius 3 is 2.29 bits per heavy atom. The number of carboxylic acid groups (broad SMARTS) is 1. The van der Waals surface area contributed by atoms with Crippen LogP contribution in [0.25, 0.3) is 0 Å². The topological polar surface area (TPSA) is 66.4 Å². The molecule has 0 aromatic heterocycles. The van der Waals surface area contributed by atoms with Crippen LogP contribution in [0.3, 0.4) is 0 Å². The van der Waals surface area contributed by atoms with Crippen LogP contribution in [0.5, 0.6) is 0 Å². The lowest BCUT2D eigenvalue weighted by atomic mass is 10.1. The van der Waals surface area contributed by atoms with Gasteiger partial charge >= 0.3 is 5.97 Å². The number of amides is 1. The van der Waals surface area contributed by atoms with Crippen molar-refractivity contribution in [3.8, 4) is 0 Å². The number of carboxylic acids is 1. The Bertz CT molecular complexity index is 414. The van der Waals surface area contributed by atoms with Crippen molar-refractivity contribution < 1.29 is 23.5 Å². The Balaban J connectivity index is 2.40. The van der Waals surface area contributed by atoms with Gasteiger partial charge in [-0.2, -0.15) is 0 Å². The first-order valence-electron chi connectivity index (χ1n) is 4.91. The molecule has 1 rings (SSSR count). The van der Waals surface area contributed by atoms with Crippen molar-refractivity contribution in [3.05, 3.63) is 35.4 Å². The van der Waals surface area contributed by atoms with Crippen LogP contribution in [0, 0.1) is 11.6 Å². The Hall–Kier alpha value is -1.98. The third-order valence-corrected chi connectivity index (χ3v) is 1.97. The van der Waals surface area contributed by atoms with E-state index in [-0.39, 0.29) is 13.0 Å². The van der Waals surface area contributed by atoms with Crippen LogP contribution in [-0.4, -0.2) is 23.5 Å². The van der Waals surface area contributed by atoms with E-state index in [4.69, 9.17) is 5.11 Å². The smallest absolute Gasteiger partial charge is 0.312 e. The van der Waals surface area contributed by atoms with E-state index in [1.807, 2.05) is 0 Å². The van der Waals surface area contributed by atoms with Crippen LogP contribution in [0.4, 0.5) is 8.78 Å². The highest BCUT2D eigenvalue weighted by Crippen LogP contribution is 2.07. The third kappa shape index (κ3) is 5.05. The summed E-state index contributed by atoms with van der Waals surface area (Å²) in [7, 11) is 0. The fourth-order valence-corrected chi connectivity index (χ4v) is 1.30. The Morgan fingerprint density at radius 2 is 1.76 bits per heavy atom. The maximum absolute atomic E-state index is 12.8. The van der Waals surface area contributed by atoms with Crippen LogP contribution >= 0.6 is 0 Å². The van der Waals surface area contributed by atoms with Crippen LogP contribution < -0.4 is 5.32 Å². The lowest BCUT2D eigenvalue weighted by Gasteiger charge is -2.04. The van der Waals surface area contributed by atoms with E-state index >= 15 is 0 Å². The zero-order valence-electron chi connectivity index (χ0n) is 8.87. The minimum absolute atomic E-state index is 0.134. The molecule has 0 saturated carbocycles. The summed E-state index contributed by atoms with van der Waals surface area (Å²) in [6, 6.07) is 3.07. The van der Waals surface area contributed by atoms with Gasteiger partial charge in [-0.25, -0.2) is 8.78 Å². The van der Waals surface area contributed by atoms with Crippen LogP contribution in [0.2, 0.25) is 0 Å². The number of nitrogens with one attached hydrogen (secondary N) is 1. The Kier molecular flexibility index (Phi) is 4.56. The van der Waals surface area contributed by atoms with E-state index in [0.29, 0.717) is 5.56 Å². The molecule has 0 fully saturated rings. The molecule has 17 heavy (non-hydrogen) atoms. The van der Waals surface area contributed by atoms with Gasteiger partial charge in [-0.1, -0.05) is 0 Å². The summed E-state index contributed by atoms with van der Waals surface area (Å²) in [6.07, 6.45) is -0.377. The zero-order valence-corrected chi connectivity index (χ0v) is 8.87. The predicted molar refractivity (Wildman–Crippen MR) is 55.3 cm³/mol. The van der Waals surface area contributed by atoms with Gasteiger partial charge < -0.3 is 10.4 Å². The molecule has 0 unspecified atom stereocenters. The minimum atomic E-state index is -1.22. The van der Waals surface area contributed by atoms with Crippen molar-refractivity contribution in [2.45, 2.75) is 12.8 Å². The zero-order chi connectivity index (χ0) is 12.8. The molecule has 1 aromatic carbocycles. The number of halogens is 2. The second-order valence-corrected chi connectivity index (χ2v) is 3.45. The highest BCUT2D eigenvalue weighted by molar-refractivity contribution is 5.93. The van der Waals surface area contributed by atoms with Gasteiger partial charge in [0.15, 0.2) is 0 Å². The van der Waals surface area contributed by atoms with E-state index in [2.05, 4.69) is 5.32 Å². The van der Waals surface area contributed by atoms with Gasteiger partial charge in [-0.15, -0.1) is 0 Å². The first-order chi connectivity index (χ1) is 7.97. The molecule has 0 atom stereocenters. The summed E-state index contributed by atoms with van der Waals surface area (Å²) in [5, 5.41) is 10.6. The van der Waals surface area contributed by atoms with Gasteiger partial charge in [-0.05, 0) is 24.1 Å². The molecule has 0 spiro atoms. The average Bonchev–Trinajstić information content (AvgIpc) is 2.14. The van der Waals surface area contributed by atoms with Crippen molar-refractivity contribution >= 4 is 11.9 Å². The lowest BCUT2D eigenvalue weighted by molar-refractivity contribution is -0.140. The van der Waals surface area contributed by atoms with Gasteiger partial charge in [0.2, 0.25) is 5.91 Å². The molecule has 6 heteroatoms. The van der Waals surface area contributed by atoms with Crippen molar-refractivity contribution in [1.29, 1.82) is 0 Å².